The number of fused-ring (bicyclic) bond motifs is 4. The van der Waals surface area contributed by atoms with Crippen molar-refractivity contribution < 1.29 is 4.42 Å². The molecule has 220 valence electrons. The lowest BCUT2D eigenvalue weighted by Crippen LogP contribution is -2.00. The molecule has 0 unspecified atom stereocenters. The molecule has 0 saturated carbocycles. The Bertz CT molecular complexity index is 2510. The first-order valence-electron chi connectivity index (χ1n) is 15.3. The molecule has 7 heteroatoms. The second-order valence-corrected chi connectivity index (χ2v) is 11.2. The second kappa shape index (κ2) is 11.1. The molecule has 9 aromatic rings. The van der Waals surface area contributed by atoms with Crippen LogP contribution in [-0.4, -0.2) is 29.9 Å². The summed E-state index contributed by atoms with van der Waals surface area (Å²) in [5.74, 6) is 1.88. The summed E-state index contributed by atoms with van der Waals surface area (Å²) in [6.45, 7) is 0. The minimum atomic E-state index is 0.589. The second-order valence-electron chi connectivity index (χ2n) is 11.2. The predicted octanol–water partition coefficient (Wildman–Crippen LogP) is 9.44. The third kappa shape index (κ3) is 4.87. The van der Waals surface area contributed by atoms with Crippen molar-refractivity contribution in [2.75, 3.05) is 0 Å². The van der Waals surface area contributed by atoms with Gasteiger partial charge in [0.15, 0.2) is 17.5 Å². The highest BCUT2D eigenvalue weighted by molar-refractivity contribution is 6.04. The van der Waals surface area contributed by atoms with E-state index in [1.54, 1.807) is 6.33 Å². The fourth-order valence-electron chi connectivity index (χ4n) is 5.93. The molecule has 0 saturated heterocycles. The van der Waals surface area contributed by atoms with Crippen molar-refractivity contribution in [3.8, 4) is 56.7 Å². The van der Waals surface area contributed by atoms with Crippen molar-refractivity contribution in [2.45, 2.75) is 0 Å². The van der Waals surface area contributed by atoms with Crippen LogP contribution in [0.2, 0.25) is 0 Å². The smallest absolute Gasteiger partial charge is 0.227 e. The van der Waals surface area contributed by atoms with Crippen LogP contribution < -0.4 is 0 Å². The van der Waals surface area contributed by atoms with Crippen LogP contribution in [0.4, 0.5) is 0 Å². The highest BCUT2D eigenvalue weighted by Crippen LogP contribution is 2.33. The van der Waals surface area contributed by atoms with Crippen LogP contribution in [0.15, 0.2) is 150 Å². The van der Waals surface area contributed by atoms with Crippen molar-refractivity contribution in [2.24, 2.45) is 0 Å². The van der Waals surface area contributed by atoms with E-state index in [0.29, 0.717) is 23.2 Å². The summed E-state index contributed by atoms with van der Waals surface area (Å²) in [5, 5.41) is 2.94. The molecule has 4 heterocycles. The Hall–Kier alpha value is -6.60. The Labute approximate surface area is 269 Å². The van der Waals surface area contributed by atoms with E-state index in [1.165, 1.54) is 0 Å². The quantitative estimate of drug-likeness (QED) is 0.193. The van der Waals surface area contributed by atoms with E-state index in [0.717, 1.165) is 66.5 Å². The molecule has 0 spiro atoms. The number of para-hydroxylation sites is 1. The molecule has 5 aromatic carbocycles. The lowest BCUT2D eigenvalue weighted by molar-refractivity contribution is 0.654. The van der Waals surface area contributed by atoms with Crippen LogP contribution in [0.1, 0.15) is 0 Å². The molecule has 0 amide bonds. The van der Waals surface area contributed by atoms with Gasteiger partial charge < -0.3 is 4.42 Å². The van der Waals surface area contributed by atoms with E-state index in [9.17, 15) is 0 Å². The van der Waals surface area contributed by atoms with E-state index in [1.807, 2.05) is 103 Å². The van der Waals surface area contributed by atoms with Gasteiger partial charge in [0.2, 0.25) is 5.71 Å². The number of hydrogen-bond acceptors (Lipinski definition) is 7. The van der Waals surface area contributed by atoms with E-state index in [-0.39, 0.29) is 0 Å². The molecule has 4 aromatic heterocycles. The molecular weight excluding hydrogens is 580 g/mol. The van der Waals surface area contributed by atoms with Crippen LogP contribution in [0.3, 0.4) is 0 Å². The van der Waals surface area contributed by atoms with Gasteiger partial charge in [-0.3, -0.25) is 0 Å². The summed E-state index contributed by atoms with van der Waals surface area (Å²) < 4.78 is 6.06. The zero-order valence-electron chi connectivity index (χ0n) is 24.9. The summed E-state index contributed by atoms with van der Waals surface area (Å²) in [7, 11) is 0. The maximum atomic E-state index is 6.06. The van der Waals surface area contributed by atoms with E-state index >= 15 is 0 Å². The number of furan rings is 1. The van der Waals surface area contributed by atoms with Gasteiger partial charge in [-0.2, -0.15) is 0 Å². The Morgan fingerprint density at radius 2 is 1.00 bits per heavy atom. The number of aromatic nitrogens is 6. The summed E-state index contributed by atoms with van der Waals surface area (Å²) in [4.78, 5) is 28.6. The maximum absolute atomic E-state index is 6.06. The predicted molar refractivity (Wildman–Crippen MR) is 185 cm³/mol. The highest BCUT2D eigenvalue weighted by Gasteiger charge is 2.15. The van der Waals surface area contributed by atoms with Gasteiger partial charge in [0.25, 0.3) is 0 Å². The van der Waals surface area contributed by atoms with Crippen molar-refractivity contribution in [1.82, 2.24) is 29.9 Å². The third-order valence-corrected chi connectivity index (χ3v) is 8.30. The van der Waals surface area contributed by atoms with Crippen LogP contribution in [-0.2, 0) is 0 Å². The average molecular weight is 605 g/mol. The summed E-state index contributed by atoms with van der Waals surface area (Å²) >= 11 is 0. The largest absolute Gasteiger partial charge is 0.438 e. The molecule has 0 fully saturated rings. The highest BCUT2D eigenvalue weighted by atomic mass is 16.3. The topological polar surface area (TPSA) is 90.5 Å². The Balaban J connectivity index is 1.10. The van der Waals surface area contributed by atoms with Crippen LogP contribution >= 0.6 is 0 Å². The molecule has 0 aliphatic heterocycles. The fourth-order valence-corrected chi connectivity index (χ4v) is 5.93. The molecule has 0 radical (unpaired) electrons. The maximum Gasteiger partial charge on any atom is 0.227 e. The summed E-state index contributed by atoms with van der Waals surface area (Å²) in [5.41, 5.74) is 8.59. The Morgan fingerprint density at radius 3 is 1.70 bits per heavy atom. The number of pyridine rings is 1. The first-order valence-corrected chi connectivity index (χ1v) is 15.3. The normalized spacial score (nSPS) is 11.4. The van der Waals surface area contributed by atoms with Crippen LogP contribution in [0, 0.1) is 0 Å². The molecule has 47 heavy (non-hydrogen) atoms. The van der Waals surface area contributed by atoms with Gasteiger partial charge in [-0.1, -0.05) is 109 Å². The first kappa shape index (κ1) is 26.8. The van der Waals surface area contributed by atoms with Crippen molar-refractivity contribution in [1.29, 1.82) is 0 Å². The molecule has 0 bridgehead atoms. The average Bonchev–Trinajstić information content (AvgIpc) is 3.53. The lowest BCUT2D eigenvalue weighted by Gasteiger charge is -2.10. The zero-order chi connectivity index (χ0) is 31.2. The van der Waals surface area contributed by atoms with E-state index in [4.69, 9.17) is 24.4 Å². The number of rotatable bonds is 5. The van der Waals surface area contributed by atoms with Gasteiger partial charge in [-0.25, -0.2) is 29.9 Å². The van der Waals surface area contributed by atoms with Crippen LogP contribution in [0.25, 0.3) is 89.7 Å². The number of nitrogens with zero attached hydrogens (tertiary/aromatic N) is 6. The first-order chi connectivity index (χ1) is 23.3. The molecule has 0 aliphatic carbocycles. The summed E-state index contributed by atoms with van der Waals surface area (Å²) in [6, 6.07) is 46.5. The Kier molecular flexibility index (Phi) is 6.31. The van der Waals surface area contributed by atoms with Crippen molar-refractivity contribution in [3.63, 3.8) is 0 Å². The molecule has 7 nitrogen and oxygen atoms in total. The van der Waals surface area contributed by atoms with E-state index < -0.39 is 0 Å². The van der Waals surface area contributed by atoms with Gasteiger partial charge >= 0.3 is 0 Å². The van der Waals surface area contributed by atoms with Gasteiger partial charge in [-0.05, 0) is 41.5 Å². The number of hydrogen-bond donors (Lipinski definition) is 0. The molecular formula is C40H24N6O. The van der Waals surface area contributed by atoms with Gasteiger partial charge in [0, 0.05) is 32.8 Å². The number of benzene rings is 5. The van der Waals surface area contributed by atoms with Crippen molar-refractivity contribution >= 4 is 33.0 Å². The van der Waals surface area contributed by atoms with Crippen molar-refractivity contribution in [3.05, 3.63) is 146 Å². The Morgan fingerprint density at radius 1 is 0.404 bits per heavy atom. The standard InChI is InChI=1S/C40H24N6O/c1-3-9-26(10-4-1)37-44-38(27-11-5-2-6-12-27)46-39(45-37)28-17-15-25(16-18-28)29-19-21-33-32(23-29)36(42-24-41-33)34-22-20-31-30-13-7-8-14-35(30)47-40(31)43-34/h1-24H. The van der Waals surface area contributed by atoms with Gasteiger partial charge in [0.1, 0.15) is 17.6 Å². The molecule has 0 N–H and O–H groups in total. The fraction of sp³-hybridized carbons (Fsp3) is 0. The SMILES string of the molecule is c1ccc(-c2nc(-c3ccccc3)nc(-c3ccc(-c4ccc5ncnc(-c6ccc7c(n6)oc6ccccc67)c5c4)cc3)n2)cc1. The van der Waals surface area contributed by atoms with Crippen LogP contribution in [0.5, 0.6) is 0 Å². The van der Waals surface area contributed by atoms with E-state index in [2.05, 4.69) is 46.4 Å². The minimum absolute atomic E-state index is 0.589. The zero-order valence-corrected chi connectivity index (χ0v) is 24.9. The lowest BCUT2D eigenvalue weighted by atomic mass is 10.0. The molecule has 0 aliphatic rings. The van der Waals surface area contributed by atoms with Gasteiger partial charge in [-0.15, -0.1) is 0 Å². The third-order valence-electron chi connectivity index (χ3n) is 8.30. The molecule has 0 atom stereocenters. The van der Waals surface area contributed by atoms with Gasteiger partial charge in [0.05, 0.1) is 11.2 Å². The molecule has 9 rings (SSSR count). The summed E-state index contributed by atoms with van der Waals surface area (Å²) in [6.07, 6.45) is 1.58. The monoisotopic (exact) mass is 604 g/mol. The minimum Gasteiger partial charge on any atom is -0.438 e.